The minimum atomic E-state index is -0.224. The van der Waals surface area contributed by atoms with Gasteiger partial charge in [-0.15, -0.1) is 0 Å². The average Bonchev–Trinajstić information content (AvgIpc) is 2.81. The molecule has 3 aromatic carbocycles. The molecule has 32 heavy (non-hydrogen) atoms. The van der Waals surface area contributed by atoms with Crippen molar-refractivity contribution in [1.29, 1.82) is 0 Å². The minimum Gasteiger partial charge on any atom is -0.376 e. The van der Waals surface area contributed by atoms with Crippen LogP contribution in [-0.4, -0.2) is 22.4 Å². The van der Waals surface area contributed by atoms with Gasteiger partial charge in [0.05, 0.1) is 17.9 Å². The smallest absolute Gasteiger partial charge is 0.246 e. The second kappa shape index (κ2) is 9.62. The second-order valence-corrected chi connectivity index (χ2v) is 7.92. The van der Waals surface area contributed by atoms with Gasteiger partial charge in [0.1, 0.15) is 0 Å². The van der Waals surface area contributed by atoms with Crippen LogP contribution in [0.3, 0.4) is 0 Å². The maximum absolute atomic E-state index is 12.7. The summed E-state index contributed by atoms with van der Waals surface area (Å²) in [4.78, 5) is 21.8. The predicted octanol–water partition coefficient (Wildman–Crippen LogP) is 6.13. The molecule has 4 rings (SSSR count). The van der Waals surface area contributed by atoms with E-state index in [0.717, 1.165) is 28.1 Å². The summed E-state index contributed by atoms with van der Waals surface area (Å²) in [6, 6.07) is 25.1. The molecule has 0 saturated carbocycles. The number of benzene rings is 3. The van der Waals surface area contributed by atoms with E-state index in [0.29, 0.717) is 10.7 Å². The van der Waals surface area contributed by atoms with Crippen molar-refractivity contribution in [3.8, 4) is 22.5 Å². The SMILES string of the molecule is Cc1cccc(NCC(=O)Nc2nc(-c3ccccc3)cc(-c3ccc(Cl)cc3)n2)c1C. The lowest BCUT2D eigenvalue weighted by Gasteiger charge is -2.12. The Bertz CT molecular complexity index is 1240. The first-order valence-corrected chi connectivity index (χ1v) is 10.7. The summed E-state index contributed by atoms with van der Waals surface area (Å²) < 4.78 is 0. The number of aryl methyl sites for hydroxylation is 1. The second-order valence-electron chi connectivity index (χ2n) is 7.48. The summed E-state index contributed by atoms with van der Waals surface area (Å²) in [5.74, 6) is 0.0299. The Balaban J connectivity index is 1.59. The van der Waals surface area contributed by atoms with Crippen molar-refractivity contribution in [2.75, 3.05) is 17.2 Å². The molecule has 0 atom stereocenters. The molecule has 1 heterocycles. The number of rotatable bonds is 6. The van der Waals surface area contributed by atoms with Gasteiger partial charge >= 0.3 is 0 Å². The van der Waals surface area contributed by atoms with Crippen LogP contribution >= 0.6 is 11.6 Å². The maximum Gasteiger partial charge on any atom is 0.246 e. The van der Waals surface area contributed by atoms with Crippen LogP contribution in [-0.2, 0) is 4.79 Å². The maximum atomic E-state index is 12.7. The predicted molar refractivity (Wildman–Crippen MR) is 131 cm³/mol. The van der Waals surface area contributed by atoms with Gasteiger partial charge in [0.25, 0.3) is 0 Å². The molecule has 0 saturated heterocycles. The van der Waals surface area contributed by atoms with Crippen LogP contribution in [0.25, 0.3) is 22.5 Å². The molecular weight excluding hydrogens is 420 g/mol. The van der Waals surface area contributed by atoms with Crippen LogP contribution in [0.5, 0.6) is 0 Å². The fourth-order valence-electron chi connectivity index (χ4n) is 3.32. The average molecular weight is 443 g/mol. The Morgan fingerprint density at radius 2 is 1.50 bits per heavy atom. The third-order valence-corrected chi connectivity index (χ3v) is 5.48. The number of halogens is 1. The normalized spacial score (nSPS) is 10.6. The zero-order chi connectivity index (χ0) is 22.5. The summed E-state index contributed by atoms with van der Waals surface area (Å²) in [5.41, 5.74) is 6.47. The first kappa shape index (κ1) is 21.5. The molecule has 0 unspecified atom stereocenters. The molecule has 1 amide bonds. The third-order valence-electron chi connectivity index (χ3n) is 5.23. The molecule has 2 N–H and O–H groups in total. The highest BCUT2D eigenvalue weighted by Crippen LogP contribution is 2.26. The fourth-order valence-corrected chi connectivity index (χ4v) is 3.44. The van der Waals surface area contributed by atoms with E-state index >= 15 is 0 Å². The van der Waals surface area contributed by atoms with E-state index in [4.69, 9.17) is 11.6 Å². The van der Waals surface area contributed by atoms with E-state index in [1.54, 1.807) is 0 Å². The third kappa shape index (κ3) is 5.13. The molecule has 0 bridgehead atoms. The molecular formula is C26H23ClN4O. The molecule has 160 valence electrons. The van der Waals surface area contributed by atoms with Gasteiger partial charge in [0.15, 0.2) is 0 Å². The topological polar surface area (TPSA) is 66.9 Å². The van der Waals surface area contributed by atoms with Gasteiger partial charge in [-0.05, 0) is 49.2 Å². The number of nitrogens with one attached hydrogen (secondary N) is 2. The summed E-state index contributed by atoms with van der Waals surface area (Å²) in [6.45, 7) is 4.18. The largest absolute Gasteiger partial charge is 0.376 e. The van der Waals surface area contributed by atoms with E-state index in [-0.39, 0.29) is 18.4 Å². The van der Waals surface area contributed by atoms with Gasteiger partial charge in [-0.1, -0.05) is 66.2 Å². The Labute approximate surface area is 192 Å². The highest BCUT2D eigenvalue weighted by Gasteiger charge is 2.12. The Hall–Kier alpha value is -3.70. The van der Waals surface area contributed by atoms with Gasteiger partial charge in [-0.25, -0.2) is 9.97 Å². The van der Waals surface area contributed by atoms with Crippen molar-refractivity contribution >= 4 is 29.1 Å². The van der Waals surface area contributed by atoms with E-state index in [2.05, 4.69) is 20.6 Å². The standard InChI is InChI=1S/C26H23ClN4O/c1-17-7-6-10-22(18(17)2)28-16-25(32)31-26-29-23(19-8-4-3-5-9-19)15-24(30-26)20-11-13-21(27)14-12-20/h3-15,28H,16H2,1-2H3,(H,29,30,31,32). The fraction of sp³-hybridized carbons (Fsp3) is 0.115. The zero-order valence-electron chi connectivity index (χ0n) is 17.9. The van der Waals surface area contributed by atoms with Crippen molar-refractivity contribution in [2.45, 2.75) is 13.8 Å². The van der Waals surface area contributed by atoms with Crippen LogP contribution < -0.4 is 10.6 Å². The van der Waals surface area contributed by atoms with E-state index < -0.39 is 0 Å². The van der Waals surface area contributed by atoms with Crippen LogP contribution in [0.4, 0.5) is 11.6 Å². The van der Waals surface area contributed by atoms with Crippen molar-refractivity contribution in [3.05, 3.63) is 95.0 Å². The first-order chi connectivity index (χ1) is 15.5. The van der Waals surface area contributed by atoms with Crippen LogP contribution in [0.1, 0.15) is 11.1 Å². The summed E-state index contributed by atoms with van der Waals surface area (Å²) >= 11 is 6.04. The number of amides is 1. The molecule has 0 aliphatic heterocycles. The lowest BCUT2D eigenvalue weighted by atomic mass is 10.1. The number of anilines is 2. The number of hydrogen-bond acceptors (Lipinski definition) is 4. The Morgan fingerprint density at radius 3 is 2.19 bits per heavy atom. The van der Waals surface area contributed by atoms with Gasteiger partial charge in [-0.2, -0.15) is 0 Å². The van der Waals surface area contributed by atoms with Crippen molar-refractivity contribution < 1.29 is 4.79 Å². The number of carbonyl (C=O) groups is 1. The number of hydrogen-bond donors (Lipinski definition) is 2. The van der Waals surface area contributed by atoms with Crippen molar-refractivity contribution in [3.63, 3.8) is 0 Å². The lowest BCUT2D eigenvalue weighted by Crippen LogP contribution is -2.23. The van der Waals surface area contributed by atoms with Gasteiger partial charge in [0.2, 0.25) is 11.9 Å². The summed E-state index contributed by atoms with van der Waals surface area (Å²) in [7, 11) is 0. The van der Waals surface area contributed by atoms with Crippen LogP contribution in [0.15, 0.2) is 78.9 Å². The summed E-state index contributed by atoms with van der Waals surface area (Å²) in [6.07, 6.45) is 0. The lowest BCUT2D eigenvalue weighted by molar-refractivity contribution is -0.114. The highest BCUT2D eigenvalue weighted by molar-refractivity contribution is 6.30. The summed E-state index contributed by atoms with van der Waals surface area (Å²) in [5, 5.41) is 6.67. The molecule has 0 aliphatic rings. The molecule has 6 heteroatoms. The van der Waals surface area contributed by atoms with Gasteiger partial charge in [0, 0.05) is 21.8 Å². The quantitative estimate of drug-likeness (QED) is 0.377. The Kier molecular flexibility index (Phi) is 6.47. The Morgan fingerprint density at radius 1 is 0.844 bits per heavy atom. The van der Waals surface area contributed by atoms with E-state index in [1.165, 1.54) is 5.56 Å². The van der Waals surface area contributed by atoms with E-state index in [9.17, 15) is 4.79 Å². The molecule has 4 aromatic rings. The van der Waals surface area contributed by atoms with Crippen LogP contribution in [0.2, 0.25) is 5.02 Å². The molecule has 0 aliphatic carbocycles. The van der Waals surface area contributed by atoms with Crippen molar-refractivity contribution in [2.24, 2.45) is 0 Å². The molecule has 1 aromatic heterocycles. The minimum absolute atomic E-state index is 0.111. The van der Waals surface area contributed by atoms with Crippen molar-refractivity contribution in [1.82, 2.24) is 9.97 Å². The molecule has 0 spiro atoms. The number of nitrogens with zero attached hydrogens (tertiary/aromatic N) is 2. The molecule has 5 nitrogen and oxygen atoms in total. The monoisotopic (exact) mass is 442 g/mol. The first-order valence-electron chi connectivity index (χ1n) is 10.3. The van der Waals surface area contributed by atoms with E-state index in [1.807, 2.05) is 92.7 Å². The number of carbonyl (C=O) groups excluding carboxylic acids is 1. The molecule has 0 radical (unpaired) electrons. The van der Waals surface area contributed by atoms with Gasteiger partial charge in [-0.3, -0.25) is 10.1 Å². The van der Waals surface area contributed by atoms with Gasteiger partial charge < -0.3 is 5.32 Å². The van der Waals surface area contributed by atoms with Crippen LogP contribution in [0, 0.1) is 13.8 Å². The zero-order valence-corrected chi connectivity index (χ0v) is 18.6. The molecule has 0 fully saturated rings. The highest BCUT2D eigenvalue weighted by atomic mass is 35.5. The number of aromatic nitrogens is 2.